The number of aromatic nitrogens is 5. The number of nitrogens with one attached hydrogen (secondary N) is 3. The summed E-state index contributed by atoms with van der Waals surface area (Å²) in [6.45, 7) is 9.30. The van der Waals surface area contributed by atoms with Gasteiger partial charge in [0, 0.05) is 41.2 Å². The predicted molar refractivity (Wildman–Crippen MR) is 202 cm³/mol. The third-order valence-corrected chi connectivity index (χ3v) is 10.3. The van der Waals surface area contributed by atoms with Crippen molar-refractivity contribution >= 4 is 39.9 Å². The Morgan fingerprint density at radius 3 is 2.66 bits per heavy atom. The van der Waals surface area contributed by atoms with Crippen LogP contribution >= 0.6 is 11.6 Å². The summed E-state index contributed by atoms with van der Waals surface area (Å²) in [7, 11) is 0. The van der Waals surface area contributed by atoms with E-state index in [9.17, 15) is 14.0 Å². The third kappa shape index (κ3) is 8.62. The number of amides is 1. The Bertz CT molecular complexity index is 2270. The minimum Gasteiger partial charge on any atom is -0.473 e. The van der Waals surface area contributed by atoms with Gasteiger partial charge in [0.05, 0.1) is 47.2 Å². The Balaban J connectivity index is 0.000000260. The van der Waals surface area contributed by atoms with Gasteiger partial charge in [-0.2, -0.15) is 0 Å². The van der Waals surface area contributed by atoms with E-state index in [0.717, 1.165) is 80.2 Å². The lowest BCUT2D eigenvalue weighted by atomic mass is 9.93. The van der Waals surface area contributed by atoms with E-state index in [0.29, 0.717) is 40.7 Å². The zero-order valence-electron chi connectivity index (χ0n) is 29.8. The maximum absolute atomic E-state index is 14.1. The number of halogens is 2. The quantitative estimate of drug-likeness (QED) is 0.125. The van der Waals surface area contributed by atoms with Crippen molar-refractivity contribution in [3.8, 4) is 5.88 Å². The normalized spacial score (nSPS) is 17.7. The Hall–Kier alpha value is -5.04. The van der Waals surface area contributed by atoms with Crippen molar-refractivity contribution in [3.05, 3.63) is 122 Å². The average molecular weight is 740 g/mol. The Morgan fingerprint density at radius 1 is 1.08 bits per heavy atom. The van der Waals surface area contributed by atoms with Gasteiger partial charge in [-0.3, -0.25) is 24.7 Å². The number of hydrogen-bond acceptors (Lipinski definition) is 7. The summed E-state index contributed by atoms with van der Waals surface area (Å²) in [5.41, 5.74) is 6.36. The molecule has 0 aliphatic carbocycles. The van der Waals surface area contributed by atoms with Crippen LogP contribution in [0.15, 0.2) is 77.6 Å². The van der Waals surface area contributed by atoms with Gasteiger partial charge in [-0.25, -0.2) is 14.4 Å². The summed E-state index contributed by atoms with van der Waals surface area (Å²) in [5, 5.41) is 8.75. The molecule has 2 saturated heterocycles. The van der Waals surface area contributed by atoms with Crippen molar-refractivity contribution in [1.82, 2.24) is 34.9 Å². The van der Waals surface area contributed by atoms with Crippen molar-refractivity contribution in [2.45, 2.75) is 70.9 Å². The Labute approximate surface area is 311 Å². The van der Waals surface area contributed by atoms with Crippen LogP contribution in [0.3, 0.4) is 0 Å². The third-order valence-electron chi connectivity index (χ3n) is 10.1. The molecule has 3 aromatic carbocycles. The second kappa shape index (κ2) is 15.9. The number of fused-ring (bicyclic) bond motifs is 2. The van der Waals surface area contributed by atoms with Crippen LogP contribution in [0.2, 0.25) is 5.02 Å². The summed E-state index contributed by atoms with van der Waals surface area (Å²) >= 11 is 5.86. The number of rotatable bonds is 11. The number of nitrogens with zero attached hydrogens (tertiary/aromatic N) is 4. The second-order valence-corrected chi connectivity index (χ2v) is 14.5. The largest absolute Gasteiger partial charge is 0.473 e. The molecule has 2 aliphatic rings. The van der Waals surface area contributed by atoms with Crippen LogP contribution in [-0.4, -0.2) is 61.3 Å². The number of pyridine rings is 1. The molecule has 13 heteroatoms. The molecule has 6 aromatic rings. The number of aryl methyl sites for hydroxylation is 1. The molecule has 1 atom stereocenters. The predicted octanol–water partition coefficient (Wildman–Crippen LogP) is 6.77. The van der Waals surface area contributed by atoms with E-state index < -0.39 is 0 Å². The molecule has 3 N–H and O–H groups in total. The molecule has 2 aliphatic heterocycles. The molecular formula is C40H43ClFN7O4. The molecule has 0 bridgehead atoms. The number of imidazole rings is 1. The van der Waals surface area contributed by atoms with Crippen LogP contribution in [-0.2, 0) is 35.8 Å². The molecule has 2 fully saturated rings. The summed E-state index contributed by atoms with van der Waals surface area (Å²) in [6, 6.07) is 22.4. The first-order valence-corrected chi connectivity index (χ1v) is 18.3. The van der Waals surface area contributed by atoms with Crippen LogP contribution in [0.25, 0.3) is 21.9 Å². The molecule has 53 heavy (non-hydrogen) atoms. The molecular weight excluding hydrogens is 697 g/mol. The van der Waals surface area contributed by atoms with E-state index in [2.05, 4.69) is 63.1 Å². The fourth-order valence-corrected chi connectivity index (χ4v) is 7.12. The number of carbonyl (C=O) groups excluding carboxylic acids is 1. The molecule has 1 amide bonds. The van der Waals surface area contributed by atoms with Gasteiger partial charge in [0.25, 0.3) is 5.56 Å². The van der Waals surface area contributed by atoms with E-state index in [1.807, 2.05) is 18.2 Å². The van der Waals surface area contributed by atoms with Gasteiger partial charge in [0.1, 0.15) is 18.2 Å². The van der Waals surface area contributed by atoms with E-state index in [-0.39, 0.29) is 23.6 Å². The highest BCUT2D eigenvalue weighted by Crippen LogP contribution is 2.32. The zero-order valence-corrected chi connectivity index (χ0v) is 30.6. The van der Waals surface area contributed by atoms with Crippen molar-refractivity contribution in [1.29, 1.82) is 0 Å². The highest BCUT2D eigenvalue weighted by atomic mass is 35.5. The van der Waals surface area contributed by atoms with Gasteiger partial charge >= 0.3 is 0 Å². The molecule has 3 aromatic heterocycles. The maximum atomic E-state index is 14.1. The number of H-pyrrole nitrogens is 2. The Kier molecular flexibility index (Phi) is 10.9. The number of aromatic amines is 2. The number of likely N-dealkylation sites (tertiary alicyclic amines) is 1. The lowest BCUT2D eigenvalue weighted by Gasteiger charge is -2.39. The minimum absolute atomic E-state index is 0.113. The van der Waals surface area contributed by atoms with Gasteiger partial charge in [-0.1, -0.05) is 35.9 Å². The van der Waals surface area contributed by atoms with Gasteiger partial charge in [-0.05, 0) is 93.4 Å². The summed E-state index contributed by atoms with van der Waals surface area (Å²) in [6.07, 6.45) is 3.74. The van der Waals surface area contributed by atoms with E-state index in [1.54, 1.807) is 24.3 Å². The second-order valence-electron chi connectivity index (χ2n) is 14.1. The van der Waals surface area contributed by atoms with Gasteiger partial charge in [0.2, 0.25) is 12.3 Å². The van der Waals surface area contributed by atoms with Crippen LogP contribution in [0, 0.1) is 12.7 Å². The maximum Gasteiger partial charge on any atom is 0.271 e. The number of ether oxygens (including phenoxy) is 2. The summed E-state index contributed by atoms with van der Waals surface area (Å²) < 4.78 is 28.2. The van der Waals surface area contributed by atoms with Gasteiger partial charge in [0.15, 0.2) is 0 Å². The molecule has 276 valence electrons. The molecule has 11 nitrogen and oxygen atoms in total. The first-order chi connectivity index (χ1) is 25.7. The van der Waals surface area contributed by atoms with Crippen LogP contribution in [0.5, 0.6) is 5.88 Å². The fourth-order valence-electron chi connectivity index (χ4n) is 6.96. The highest BCUT2D eigenvalue weighted by molar-refractivity contribution is 6.30. The fraction of sp³-hybridized carbons (Fsp3) is 0.350. The Morgan fingerprint density at radius 2 is 1.91 bits per heavy atom. The average Bonchev–Trinajstić information content (AvgIpc) is 3.68. The van der Waals surface area contributed by atoms with Crippen molar-refractivity contribution in [3.63, 3.8) is 0 Å². The SMILES string of the molecule is Cc1ccc2c(c1)nc(CN1CCC(c3cccc(OCc4ccc(Cl)cc4F)n3)CC1)n2CC1(C)CCO1.O=CNCc1ccc2[nH][nH]c(=O)c2c1. The van der Waals surface area contributed by atoms with Crippen molar-refractivity contribution in [2.75, 3.05) is 19.7 Å². The van der Waals surface area contributed by atoms with Gasteiger partial charge < -0.3 is 19.4 Å². The molecule has 1 unspecified atom stereocenters. The molecule has 8 rings (SSSR count). The monoisotopic (exact) mass is 739 g/mol. The van der Waals surface area contributed by atoms with E-state index in [1.165, 1.54) is 17.1 Å². The summed E-state index contributed by atoms with van der Waals surface area (Å²) in [5.74, 6) is 1.61. The number of hydrogen-bond donors (Lipinski definition) is 3. The molecule has 0 radical (unpaired) electrons. The van der Waals surface area contributed by atoms with Gasteiger partial charge in [-0.15, -0.1) is 0 Å². The van der Waals surface area contributed by atoms with Crippen LogP contribution in [0.1, 0.15) is 60.3 Å². The number of benzene rings is 3. The van der Waals surface area contributed by atoms with Crippen LogP contribution in [0.4, 0.5) is 4.39 Å². The van der Waals surface area contributed by atoms with Crippen LogP contribution < -0.4 is 15.6 Å². The lowest BCUT2D eigenvalue weighted by Crippen LogP contribution is -2.44. The minimum atomic E-state index is -0.371. The molecule has 5 heterocycles. The van der Waals surface area contributed by atoms with E-state index >= 15 is 0 Å². The summed E-state index contributed by atoms with van der Waals surface area (Å²) in [4.78, 5) is 33.6. The van der Waals surface area contributed by atoms with E-state index in [4.69, 9.17) is 31.0 Å². The molecule has 0 saturated carbocycles. The zero-order chi connectivity index (χ0) is 37.0. The highest BCUT2D eigenvalue weighted by Gasteiger charge is 2.35. The standard InChI is InChI=1S/C31H34ClFN4O2.C9H9N3O2/c1-21-6-9-28-27(16-21)34-29(37(28)20-31(2)12-15-39-31)18-36-13-10-22(11-14-36)26-4-3-5-30(35-26)38-19-23-7-8-24(32)17-25(23)33;13-5-10-4-6-1-2-8-7(3-6)9(14)12-11-8/h3-9,16-17,22H,10-15,18-20H2,1-2H3;1-3,5H,4H2,(H,10,13)(H2,11,12,14). The van der Waals surface area contributed by atoms with Crippen molar-refractivity contribution in [2.24, 2.45) is 0 Å². The smallest absolute Gasteiger partial charge is 0.271 e. The first-order valence-electron chi connectivity index (χ1n) is 17.9. The molecule has 0 spiro atoms. The van der Waals surface area contributed by atoms with Crippen molar-refractivity contribution < 1.29 is 18.7 Å². The number of piperidine rings is 1. The first kappa shape index (κ1) is 36.3. The number of carbonyl (C=O) groups is 1. The topological polar surface area (TPSA) is 130 Å². The lowest BCUT2D eigenvalue weighted by molar-refractivity contribution is -0.142.